The Kier molecular flexibility index (Phi) is 6.36. The number of Topliss-reactive ketones (excluding diaryl/α,β-unsaturated/α-hetero) is 1. The van der Waals surface area contributed by atoms with E-state index in [9.17, 15) is 19.2 Å². The number of benzene rings is 2. The minimum atomic E-state index is -1.05. The first-order valence-corrected chi connectivity index (χ1v) is 9.43. The predicted molar refractivity (Wildman–Crippen MR) is 111 cm³/mol. The number of aromatic amines is 1. The minimum Gasteiger partial charge on any atom is -0.453 e. The Morgan fingerprint density at radius 2 is 1.80 bits per heavy atom. The Morgan fingerprint density at radius 1 is 1.10 bits per heavy atom. The van der Waals surface area contributed by atoms with Gasteiger partial charge in [0.1, 0.15) is 5.82 Å². The predicted octanol–water partition coefficient (Wildman–Crippen LogP) is 2.63. The van der Waals surface area contributed by atoms with E-state index in [1.54, 1.807) is 48.5 Å². The second kappa shape index (κ2) is 9.13. The van der Waals surface area contributed by atoms with Crippen molar-refractivity contribution in [3.63, 3.8) is 0 Å². The lowest BCUT2D eigenvalue weighted by molar-refractivity contribution is -0.153. The second-order valence-corrected chi connectivity index (χ2v) is 6.75. The van der Waals surface area contributed by atoms with Crippen molar-refractivity contribution < 1.29 is 19.1 Å². The molecular weight excluding hydrogens is 386 g/mol. The Bertz CT molecular complexity index is 1170. The van der Waals surface area contributed by atoms with E-state index < -0.39 is 18.0 Å². The Balaban J connectivity index is 1.58. The number of esters is 1. The van der Waals surface area contributed by atoms with Gasteiger partial charge >= 0.3 is 5.97 Å². The average Bonchev–Trinajstić information content (AvgIpc) is 2.72. The van der Waals surface area contributed by atoms with Crippen LogP contribution in [0.2, 0.25) is 0 Å². The number of fused-ring (bicyclic) bond motifs is 1. The third-order valence-electron chi connectivity index (χ3n) is 4.47. The van der Waals surface area contributed by atoms with Gasteiger partial charge in [0, 0.05) is 12.0 Å². The minimum absolute atomic E-state index is 0.0526. The van der Waals surface area contributed by atoms with E-state index in [-0.39, 0.29) is 24.2 Å². The molecule has 0 fully saturated rings. The highest BCUT2D eigenvalue weighted by Gasteiger charge is 2.20. The van der Waals surface area contributed by atoms with Crippen LogP contribution >= 0.6 is 0 Å². The van der Waals surface area contributed by atoms with Crippen LogP contribution in [0.1, 0.15) is 36.5 Å². The summed E-state index contributed by atoms with van der Waals surface area (Å²) in [5.41, 5.74) is 0.994. The van der Waals surface area contributed by atoms with Gasteiger partial charge in [0.15, 0.2) is 11.9 Å². The monoisotopic (exact) mass is 407 g/mol. The van der Waals surface area contributed by atoms with Crippen LogP contribution in [-0.2, 0) is 20.7 Å². The third kappa shape index (κ3) is 4.96. The first-order chi connectivity index (χ1) is 14.3. The zero-order valence-electron chi connectivity index (χ0n) is 16.6. The molecule has 1 atom stereocenters. The highest BCUT2D eigenvalue weighted by atomic mass is 16.5. The van der Waals surface area contributed by atoms with Crippen molar-refractivity contribution in [2.24, 2.45) is 0 Å². The van der Waals surface area contributed by atoms with E-state index in [0.29, 0.717) is 28.0 Å². The third-order valence-corrected chi connectivity index (χ3v) is 4.47. The van der Waals surface area contributed by atoms with Gasteiger partial charge in [0.2, 0.25) is 0 Å². The smallest absolute Gasteiger partial charge is 0.307 e. The fourth-order valence-corrected chi connectivity index (χ4v) is 2.92. The number of carbonyl (C=O) groups is 3. The Morgan fingerprint density at radius 3 is 2.57 bits per heavy atom. The number of ketones is 1. The van der Waals surface area contributed by atoms with Gasteiger partial charge in [0.05, 0.1) is 23.0 Å². The number of amides is 1. The van der Waals surface area contributed by atoms with Gasteiger partial charge in [0.25, 0.3) is 11.5 Å². The van der Waals surface area contributed by atoms with E-state index in [1.165, 1.54) is 13.8 Å². The molecule has 2 N–H and O–H groups in total. The largest absolute Gasteiger partial charge is 0.453 e. The summed E-state index contributed by atoms with van der Waals surface area (Å²) in [4.78, 5) is 55.2. The first-order valence-electron chi connectivity index (χ1n) is 9.43. The van der Waals surface area contributed by atoms with Crippen LogP contribution in [-0.4, -0.2) is 33.7 Å². The van der Waals surface area contributed by atoms with Gasteiger partial charge in [-0.2, -0.15) is 0 Å². The fraction of sp³-hybridized carbons (Fsp3) is 0.227. The summed E-state index contributed by atoms with van der Waals surface area (Å²) in [7, 11) is 0. The summed E-state index contributed by atoms with van der Waals surface area (Å²) in [5, 5.41) is 3.07. The summed E-state index contributed by atoms with van der Waals surface area (Å²) in [5.74, 6) is -0.974. The summed E-state index contributed by atoms with van der Waals surface area (Å²) >= 11 is 0. The SMILES string of the molecule is CC(=O)c1ccccc1NC(=O)[C@@H](C)OC(=O)CCc1nc2ccccc2c(=O)[nH]1. The normalized spacial score (nSPS) is 11.7. The number of aryl methyl sites for hydroxylation is 1. The molecule has 0 saturated heterocycles. The number of hydrogen-bond donors (Lipinski definition) is 2. The summed E-state index contributed by atoms with van der Waals surface area (Å²) < 4.78 is 5.17. The fourth-order valence-electron chi connectivity index (χ4n) is 2.92. The molecule has 0 aliphatic heterocycles. The number of carbonyl (C=O) groups excluding carboxylic acids is 3. The van der Waals surface area contributed by atoms with Crippen molar-refractivity contribution in [2.45, 2.75) is 32.8 Å². The summed E-state index contributed by atoms with van der Waals surface area (Å²) in [6.45, 7) is 2.85. The molecule has 0 radical (unpaired) electrons. The van der Waals surface area contributed by atoms with Crippen LogP contribution in [0.15, 0.2) is 53.3 Å². The van der Waals surface area contributed by atoms with Crippen LogP contribution in [0, 0.1) is 0 Å². The molecule has 1 aromatic heterocycles. The lowest BCUT2D eigenvalue weighted by Crippen LogP contribution is -2.30. The van der Waals surface area contributed by atoms with Crippen LogP contribution in [0.3, 0.4) is 0 Å². The number of hydrogen-bond acceptors (Lipinski definition) is 6. The lowest BCUT2D eigenvalue weighted by atomic mass is 10.1. The highest BCUT2D eigenvalue weighted by Crippen LogP contribution is 2.16. The number of ether oxygens (including phenoxy) is 1. The van der Waals surface area contributed by atoms with Crippen molar-refractivity contribution >= 4 is 34.3 Å². The molecule has 1 amide bonds. The van der Waals surface area contributed by atoms with E-state index in [2.05, 4.69) is 15.3 Å². The highest BCUT2D eigenvalue weighted by molar-refractivity contribution is 6.04. The number of anilines is 1. The molecule has 0 spiro atoms. The molecule has 0 bridgehead atoms. The number of H-pyrrole nitrogens is 1. The van der Waals surface area contributed by atoms with E-state index in [0.717, 1.165) is 0 Å². The molecule has 8 heteroatoms. The number of para-hydroxylation sites is 2. The standard InChI is InChI=1S/C22H21N3O5/c1-13(26)15-7-3-5-9-17(15)24-21(28)14(2)30-20(27)12-11-19-23-18-10-6-4-8-16(18)22(29)25-19/h3-10,14H,11-12H2,1-2H3,(H,24,28)(H,23,25,29)/t14-/m1/s1. The molecule has 154 valence electrons. The molecule has 3 rings (SSSR count). The van der Waals surface area contributed by atoms with Gasteiger partial charge in [-0.25, -0.2) is 4.98 Å². The van der Waals surface area contributed by atoms with Crippen LogP contribution in [0.4, 0.5) is 5.69 Å². The zero-order chi connectivity index (χ0) is 21.7. The molecule has 0 unspecified atom stereocenters. The molecule has 0 aliphatic carbocycles. The van der Waals surface area contributed by atoms with Crippen LogP contribution in [0.25, 0.3) is 10.9 Å². The topological polar surface area (TPSA) is 118 Å². The van der Waals surface area contributed by atoms with Crippen molar-refractivity contribution in [2.75, 3.05) is 5.32 Å². The maximum absolute atomic E-state index is 12.3. The Hall–Kier alpha value is -3.81. The van der Waals surface area contributed by atoms with Crippen LogP contribution in [0.5, 0.6) is 0 Å². The molecule has 1 heterocycles. The van der Waals surface area contributed by atoms with Gasteiger partial charge < -0.3 is 15.0 Å². The van der Waals surface area contributed by atoms with E-state index in [1.807, 2.05) is 0 Å². The maximum Gasteiger partial charge on any atom is 0.307 e. The molecule has 0 aliphatic rings. The van der Waals surface area contributed by atoms with E-state index in [4.69, 9.17) is 4.74 Å². The number of nitrogens with one attached hydrogen (secondary N) is 2. The van der Waals surface area contributed by atoms with Crippen molar-refractivity contribution in [1.82, 2.24) is 9.97 Å². The van der Waals surface area contributed by atoms with Gasteiger partial charge in [-0.3, -0.25) is 19.2 Å². The summed E-state index contributed by atoms with van der Waals surface area (Å²) in [6.07, 6.45) is -0.940. The number of rotatable bonds is 7. The molecule has 30 heavy (non-hydrogen) atoms. The van der Waals surface area contributed by atoms with Gasteiger partial charge in [-0.05, 0) is 38.1 Å². The zero-order valence-corrected chi connectivity index (χ0v) is 16.6. The van der Waals surface area contributed by atoms with Crippen LogP contribution < -0.4 is 10.9 Å². The molecule has 8 nitrogen and oxygen atoms in total. The quantitative estimate of drug-likeness (QED) is 0.459. The maximum atomic E-state index is 12.3. The van der Waals surface area contributed by atoms with E-state index >= 15 is 0 Å². The average molecular weight is 407 g/mol. The molecular formula is C22H21N3O5. The van der Waals surface area contributed by atoms with Gasteiger partial charge in [-0.15, -0.1) is 0 Å². The molecule has 3 aromatic rings. The molecule has 0 saturated carbocycles. The Labute approximate surface area is 172 Å². The van der Waals surface area contributed by atoms with Crippen molar-refractivity contribution in [3.8, 4) is 0 Å². The lowest BCUT2D eigenvalue weighted by Gasteiger charge is -2.15. The van der Waals surface area contributed by atoms with Crippen molar-refractivity contribution in [1.29, 1.82) is 0 Å². The summed E-state index contributed by atoms with van der Waals surface area (Å²) in [6, 6.07) is 13.5. The second-order valence-electron chi connectivity index (χ2n) is 6.75. The number of nitrogens with zero attached hydrogens (tertiary/aromatic N) is 1. The molecule has 2 aromatic carbocycles. The first kappa shape index (κ1) is 20.9. The van der Waals surface area contributed by atoms with Crippen molar-refractivity contribution in [3.05, 3.63) is 70.3 Å². The number of aromatic nitrogens is 2. The van der Waals surface area contributed by atoms with Gasteiger partial charge in [-0.1, -0.05) is 24.3 Å².